The van der Waals surface area contributed by atoms with Crippen molar-refractivity contribution >= 4 is 23.2 Å². The summed E-state index contributed by atoms with van der Waals surface area (Å²) in [6, 6.07) is 33.2. The van der Waals surface area contributed by atoms with Gasteiger partial charge in [0.2, 0.25) is 0 Å². The van der Waals surface area contributed by atoms with Crippen molar-refractivity contribution in [2.75, 3.05) is 6.16 Å². The number of benzene rings is 3. The fourth-order valence-corrected chi connectivity index (χ4v) is 7.71. The molecule has 0 N–H and O–H groups in total. The maximum atomic E-state index is 3.81. The molecule has 0 spiro atoms. The van der Waals surface area contributed by atoms with E-state index in [1.807, 2.05) is 6.08 Å². The molecule has 0 saturated carbocycles. The molecule has 0 fully saturated rings. The SMILES string of the molecule is C=CC/C=C\CC[P+](c1ccccc1)(c1ccccc1)c1ccccc1. The minimum atomic E-state index is -1.68. The van der Waals surface area contributed by atoms with Crippen LogP contribution in [0.2, 0.25) is 0 Å². The summed E-state index contributed by atoms with van der Waals surface area (Å²) in [5.74, 6) is 0. The molecule has 0 bridgehead atoms. The number of rotatable bonds is 8. The molecule has 3 aromatic rings. The second kappa shape index (κ2) is 9.32. The summed E-state index contributed by atoms with van der Waals surface area (Å²) in [5, 5.41) is 4.36. The van der Waals surface area contributed by atoms with Gasteiger partial charge in [0.1, 0.15) is 23.2 Å². The zero-order chi connectivity index (χ0) is 18.1. The van der Waals surface area contributed by atoms with Gasteiger partial charge < -0.3 is 0 Å². The van der Waals surface area contributed by atoms with Gasteiger partial charge in [-0.2, -0.15) is 0 Å². The first-order valence-corrected chi connectivity index (χ1v) is 11.2. The van der Waals surface area contributed by atoms with Gasteiger partial charge in [-0.15, -0.1) is 6.58 Å². The first-order valence-electron chi connectivity index (χ1n) is 9.19. The molecular formula is C25H26P+. The average molecular weight is 357 g/mol. The maximum Gasteiger partial charge on any atom is 0.112 e. The van der Waals surface area contributed by atoms with Crippen LogP contribution in [0.1, 0.15) is 12.8 Å². The molecule has 1 heteroatoms. The Kier molecular flexibility index (Phi) is 6.58. The standard InChI is InChI=1S/C25H26P/c1-2-3-4-5-15-22-26(23-16-9-6-10-17-23,24-18-11-7-12-19-24)25-20-13-8-14-21-25/h2,4-14,16-21H,1,3,15,22H2/q+1/b5-4-. The molecule has 3 aromatic carbocycles. The van der Waals surface area contributed by atoms with E-state index in [2.05, 4.69) is 110 Å². The van der Waals surface area contributed by atoms with E-state index in [0.29, 0.717) is 0 Å². The van der Waals surface area contributed by atoms with Crippen LogP contribution in [0.25, 0.3) is 0 Å². The van der Waals surface area contributed by atoms with Crippen LogP contribution >= 0.6 is 7.26 Å². The van der Waals surface area contributed by atoms with Crippen LogP contribution in [0.5, 0.6) is 0 Å². The third-order valence-corrected chi connectivity index (χ3v) is 9.16. The van der Waals surface area contributed by atoms with E-state index < -0.39 is 7.26 Å². The molecule has 130 valence electrons. The molecule has 0 heterocycles. The third kappa shape index (κ3) is 4.03. The Balaban J connectivity index is 2.13. The molecule has 0 aromatic heterocycles. The van der Waals surface area contributed by atoms with Gasteiger partial charge in [-0.05, 0) is 42.8 Å². The molecule has 0 amide bonds. The number of hydrogen-bond donors (Lipinski definition) is 0. The topological polar surface area (TPSA) is 0 Å². The van der Waals surface area contributed by atoms with E-state index in [-0.39, 0.29) is 0 Å². The second-order valence-electron chi connectivity index (χ2n) is 6.32. The van der Waals surface area contributed by atoms with Gasteiger partial charge in [0.25, 0.3) is 0 Å². The Hall–Kier alpha value is -2.43. The van der Waals surface area contributed by atoms with Gasteiger partial charge in [-0.3, -0.25) is 0 Å². The highest BCUT2D eigenvalue weighted by Crippen LogP contribution is 2.55. The van der Waals surface area contributed by atoms with Crippen LogP contribution in [-0.2, 0) is 0 Å². The first kappa shape index (κ1) is 18.4. The zero-order valence-corrected chi connectivity index (χ0v) is 16.1. The maximum absolute atomic E-state index is 3.81. The Morgan fingerprint density at radius 1 is 0.615 bits per heavy atom. The molecule has 3 rings (SSSR count). The lowest BCUT2D eigenvalue weighted by atomic mass is 10.3. The van der Waals surface area contributed by atoms with Gasteiger partial charge in [-0.25, -0.2) is 0 Å². The average Bonchev–Trinajstić information content (AvgIpc) is 2.73. The molecule has 0 saturated heterocycles. The third-order valence-electron chi connectivity index (χ3n) is 4.69. The monoisotopic (exact) mass is 357 g/mol. The van der Waals surface area contributed by atoms with Crippen molar-refractivity contribution in [3.05, 3.63) is 116 Å². The van der Waals surface area contributed by atoms with Crippen LogP contribution in [0.15, 0.2) is 116 Å². The fourth-order valence-electron chi connectivity index (χ4n) is 3.46. The molecule has 0 radical (unpaired) electrons. The summed E-state index contributed by atoms with van der Waals surface area (Å²) in [7, 11) is -1.68. The fraction of sp³-hybridized carbons (Fsp3) is 0.120. The largest absolute Gasteiger partial charge is 0.112 e. The smallest absolute Gasteiger partial charge is 0.103 e. The highest BCUT2D eigenvalue weighted by atomic mass is 31.2. The van der Waals surface area contributed by atoms with E-state index in [9.17, 15) is 0 Å². The van der Waals surface area contributed by atoms with Crippen LogP contribution in [0.4, 0.5) is 0 Å². The predicted molar refractivity (Wildman–Crippen MR) is 119 cm³/mol. The van der Waals surface area contributed by atoms with Crippen molar-refractivity contribution in [2.45, 2.75) is 12.8 Å². The normalized spacial score (nSPS) is 11.5. The van der Waals surface area contributed by atoms with Gasteiger partial charge in [0, 0.05) is 6.42 Å². The van der Waals surface area contributed by atoms with Crippen molar-refractivity contribution in [3.63, 3.8) is 0 Å². The van der Waals surface area contributed by atoms with Gasteiger partial charge in [-0.1, -0.05) is 72.8 Å². The Morgan fingerprint density at radius 3 is 1.42 bits per heavy atom. The predicted octanol–water partition coefficient (Wildman–Crippen LogP) is 5.50. The van der Waals surface area contributed by atoms with Gasteiger partial charge in [0.15, 0.2) is 0 Å². The van der Waals surface area contributed by atoms with E-state index in [0.717, 1.165) is 19.0 Å². The highest BCUT2D eigenvalue weighted by Gasteiger charge is 2.44. The van der Waals surface area contributed by atoms with Crippen LogP contribution < -0.4 is 15.9 Å². The molecule has 0 aliphatic heterocycles. The van der Waals surface area contributed by atoms with Crippen molar-refractivity contribution in [1.29, 1.82) is 0 Å². The van der Waals surface area contributed by atoms with Crippen molar-refractivity contribution < 1.29 is 0 Å². The molecule has 0 aliphatic rings. The molecule has 26 heavy (non-hydrogen) atoms. The summed E-state index contributed by atoms with van der Waals surface area (Å²) >= 11 is 0. The highest BCUT2D eigenvalue weighted by molar-refractivity contribution is 7.95. The molecule has 0 unspecified atom stereocenters. The van der Waals surface area contributed by atoms with Crippen molar-refractivity contribution in [3.8, 4) is 0 Å². The number of hydrogen-bond acceptors (Lipinski definition) is 0. The zero-order valence-electron chi connectivity index (χ0n) is 15.2. The lowest BCUT2D eigenvalue weighted by Gasteiger charge is -2.27. The van der Waals surface area contributed by atoms with Crippen LogP contribution in [-0.4, -0.2) is 6.16 Å². The summed E-state index contributed by atoms with van der Waals surface area (Å²) in [5.41, 5.74) is 0. The van der Waals surface area contributed by atoms with E-state index in [1.165, 1.54) is 15.9 Å². The lowest BCUT2D eigenvalue weighted by Crippen LogP contribution is -2.33. The summed E-state index contributed by atoms with van der Waals surface area (Å²) < 4.78 is 0. The van der Waals surface area contributed by atoms with Crippen LogP contribution in [0.3, 0.4) is 0 Å². The quantitative estimate of drug-likeness (QED) is 0.369. The minimum absolute atomic E-state index is 0.938. The van der Waals surface area contributed by atoms with E-state index in [4.69, 9.17) is 0 Å². The molecule has 0 nitrogen and oxygen atoms in total. The van der Waals surface area contributed by atoms with Crippen molar-refractivity contribution in [2.24, 2.45) is 0 Å². The number of allylic oxidation sites excluding steroid dienone is 3. The Bertz CT molecular complexity index is 723. The minimum Gasteiger partial charge on any atom is -0.103 e. The molecule has 0 aliphatic carbocycles. The second-order valence-corrected chi connectivity index (χ2v) is 9.94. The first-order chi connectivity index (χ1) is 12.9. The summed E-state index contributed by atoms with van der Waals surface area (Å²) in [6.07, 6.45) is 9.63. The van der Waals surface area contributed by atoms with Gasteiger partial charge in [0.05, 0.1) is 6.16 Å². The summed E-state index contributed by atoms with van der Waals surface area (Å²) in [6.45, 7) is 3.81. The van der Waals surface area contributed by atoms with Crippen LogP contribution in [0, 0.1) is 0 Å². The molecular weight excluding hydrogens is 331 g/mol. The van der Waals surface area contributed by atoms with E-state index >= 15 is 0 Å². The Morgan fingerprint density at radius 2 is 1.04 bits per heavy atom. The Labute approximate surface area is 158 Å². The lowest BCUT2D eigenvalue weighted by molar-refractivity contribution is 1.20. The van der Waals surface area contributed by atoms with Gasteiger partial charge >= 0.3 is 0 Å². The summed E-state index contributed by atoms with van der Waals surface area (Å²) in [4.78, 5) is 0. The van der Waals surface area contributed by atoms with E-state index in [1.54, 1.807) is 0 Å². The van der Waals surface area contributed by atoms with Crippen molar-refractivity contribution in [1.82, 2.24) is 0 Å². The molecule has 0 atom stereocenters.